The van der Waals surface area contributed by atoms with Crippen LogP contribution in [0.3, 0.4) is 0 Å². The number of nitrogens with zero attached hydrogens (tertiary/aromatic N) is 1. The van der Waals surface area contributed by atoms with Crippen molar-refractivity contribution in [2.45, 2.75) is 19.8 Å². The van der Waals surface area contributed by atoms with E-state index in [9.17, 15) is 9.59 Å². The molecule has 1 saturated heterocycles. The van der Waals surface area contributed by atoms with E-state index in [-0.39, 0.29) is 11.8 Å². The number of piperidine rings is 1. The Balaban J connectivity index is 2.00. The van der Waals surface area contributed by atoms with Crippen LogP contribution in [0, 0.1) is 5.92 Å². The number of esters is 1. The van der Waals surface area contributed by atoms with E-state index in [1.807, 2.05) is 0 Å². The first-order chi connectivity index (χ1) is 10.5. The van der Waals surface area contributed by atoms with Crippen LogP contribution >= 0.6 is 11.6 Å². The molecule has 1 heterocycles. The summed E-state index contributed by atoms with van der Waals surface area (Å²) in [5.74, 6) is -0.423. The molecule has 2 rings (SSSR count). The Bertz CT molecular complexity index is 554. The van der Waals surface area contributed by atoms with Crippen LogP contribution in [0.5, 0.6) is 0 Å². The van der Waals surface area contributed by atoms with Gasteiger partial charge in [0.15, 0.2) is 0 Å². The molecule has 1 N–H and O–H groups in total. The third kappa shape index (κ3) is 4.21. The Morgan fingerprint density at radius 3 is 2.64 bits per heavy atom. The van der Waals surface area contributed by atoms with Crippen molar-refractivity contribution in [1.29, 1.82) is 0 Å². The molecule has 22 heavy (non-hydrogen) atoms. The Morgan fingerprint density at radius 1 is 1.36 bits per heavy atom. The first kappa shape index (κ1) is 16.8. The minimum atomic E-state index is -0.419. The van der Waals surface area contributed by atoms with Crippen LogP contribution in [0.2, 0.25) is 5.02 Å². The van der Waals surface area contributed by atoms with Crippen LogP contribution in [0.25, 0.3) is 0 Å². The van der Waals surface area contributed by atoms with Crippen molar-refractivity contribution in [3.8, 4) is 0 Å². The predicted molar refractivity (Wildman–Crippen MR) is 86.3 cm³/mol. The van der Waals surface area contributed by atoms with Gasteiger partial charge < -0.3 is 15.0 Å². The van der Waals surface area contributed by atoms with Gasteiger partial charge in [0, 0.05) is 5.92 Å². The van der Waals surface area contributed by atoms with Gasteiger partial charge in [0.25, 0.3) is 0 Å². The summed E-state index contributed by atoms with van der Waals surface area (Å²) in [6, 6.07) is 4.76. The van der Waals surface area contributed by atoms with Crippen LogP contribution in [0.4, 0.5) is 5.69 Å². The average Bonchev–Trinajstić information content (AvgIpc) is 2.50. The van der Waals surface area contributed by atoms with Gasteiger partial charge in [-0.1, -0.05) is 11.6 Å². The fourth-order valence-corrected chi connectivity index (χ4v) is 2.69. The molecule has 0 radical (unpaired) electrons. The van der Waals surface area contributed by atoms with Crippen LogP contribution < -0.4 is 5.32 Å². The highest BCUT2D eigenvalue weighted by molar-refractivity contribution is 6.34. The molecule has 1 aromatic rings. The lowest BCUT2D eigenvalue weighted by Gasteiger charge is -2.28. The zero-order valence-corrected chi connectivity index (χ0v) is 13.7. The molecule has 0 saturated carbocycles. The molecule has 0 atom stereocenters. The Morgan fingerprint density at radius 2 is 2.05 bits per heavy atom. The second-order valence-electron chi connectivity index (χ2n) is 5.48. The summed E-state index contributed by atoms with van der Waals surface area (Å²) in [5.41, 5.74) is 0.905. The molecule has 1 aliphatic heterocycles. The molecule has 0 aromatic heterocycles. The zero-order chi connectivity index (χ0) is 16.1. The maximum Gasteiger partial charge on any atom is 0.338 e. The van der Waals surface area contributed by atoms with Crippen LogP contribution in [0.15, 0.2) is 18.2 Å². The molecule has 0 bridgehead atoms. The van der Waals surface area contributed by atoms with Gasteiger partial charge in [-0.25, -0.2) is 4.79 Å². The normalized spacial score (nSPS) is 16.3. The number of rotatable bonds is 4. The average molecular weight is 325 g/mol. The summed E-state index contributed by atoms with van der Waals surface area (Å²) in [6.45, 7) is 3.90. The molecule has 0 aliphatic carbocycles. The van der Waals surface area contributed by atoms with Crippen molar-refractivity contribution < 1.29 is 14.3 Å². The fraction of sp³-hybridized carbons (Fsp3) is 0.500. The van der Waals surface area contributed by atoms with Gasteiger partial charge in [-0.2, -0.15) is 0 Å². The highest BCUT2D eigenvalue weighted by Gasteiger charge is 2.24. The summed E-state index contributed by atoms with van der Waals surface area (Å²) < 4.78 is 4.92. The topological polar surface area (TPSA) is 58.6 Å². The Hall–Kier alpha value is -1.59. The Labute approximate surface area is 135 Å². The van der Waals surface area contributed by atoms with Gasteiger partial charge in [-0.05, 0) is 58.1 Å². The highest BCUT2D eigenvalue weighted by Crippen LogP contribution is 2.25. The molecule has 0 unspecified atom stereocenters. The largest absolute Gasteiger partial charge is 0.462 e. The van der Waals surface area contributed by atoms with Crippen molar-refractivity contribution in [3.05, 3.63) is 28.8 Å². The number of halogens is 1. The second-order valence-corrected chi connectivity index (χ2v) is 5.89. The summed E-state index contributed by atoms with van der Waals surface area (Å²) in [4.78, 5) is 26.1. The fourth-order valence-electron chi connectivity index (χ4n) is 2.46. The number of nitrogens with one attached hydrogen (secondary N) is 1. The first-order valence-electron chi connectivity index (χ1n) is 7.47. The van der Waals surface area contributed by atoms with E-state index in [4.69, 9.17) is 16.3 Å². The number of amides is 1. The van der Waals surface area contributed by atoms with Gasteiger partial charge in [-0.15, -0.1) is 0 Å². The van der Waals surface area contributed by atoms with Gasteiger partial charge in [0.2, 0.25) is 5.91 Å². The minimum Gasteiger partial charge on any atom is -0.462 e. The van der Waals surface area contributed by atoms with Gasteiger partial charge in [0.05, 0.1) is 22.9 Å². The number of hydrogen-bond acceptors (Lipinski definition) is 4. The molecule has 1 aromatic carbocycles. The maximum absolute atomic E-state index is 12.3. The van der Waals surface area contributed by atoms with Crippen molar-refractivity contribution in [2.24, 2.45) is 5.92 Å². The molecular formula is C16H21ClN2O3. The van der Waals surface area contributed by atoms with E-state index in [2.05, 4.69) is 17.3 Å². The summed E-state index contributed by atoms with van der Waals surface area (Å²) in [6.07, 6.45) is 1.70. The van der Waals surface area contributed by atoms with E-state index in [1.54, 1.807) is 19.1 Å². The number of hydrogen-bond donors (Lipinski definition) is 1. The van der Waals surface area contributed by atoms with Crippen molar-refractivity contribution >= 4 is 29.2 Å². The third-order valence-corrected chi connectivity index (χ3v) is 4.14. The zero-order valence-electron chi connectivity index (χ0n) is 12.9. The second kappa shape index (κ2) is 7.61. The Kier molecular flexibility index (Phi) is 5.80. The lowest BCUT2D eigenvalue weighted by atomic mass is 9.96. The van der Waals surface area contributed by atoms with Crippen molar-refractivity contribution in [1.82, 2.24) is 4.90 Å². The molecule has 5 nitrogen and oxygen atoms in total. The van der Waals surface area contributed by atoms with E-state index in [0.717, 1.165) is 25.9 Å². The van der Waals surface area contributed by atoms with Crippen molar-refractivity contribution in [2.75, 3.05) is 32.1 Å². The maximum atomic E-state index is 12.3. The monoisotopic (exact) mass is 324 g/mol. The van der Waals surface area contributed by atoms with Gasteiger partial charge >= 0.3 is 5.97 Å². The van der Waals surface area contributed by atoms with Crippen molar-refractivity contribution in [3.63, 3.8) is 0 Å². The quantitative estimate of drug-likeness (QED) is 0.865. The molecule has 1 fully saturated rings. The lowest BCUT2D eigenvalue weighted by Crippen LogP contribution is -2.35. The molecule has 120 valence electrons. The SMILES string of the molecule is CCOC(=O)c1ccc(NC(=O)C2CCN(C)CC2)c(Cl)c1. The number of ether oxygens (including phenoxy) is 1. The minimum absolute atomic E-state index is 0.0111. The summed E-state index contributed by atoms with van der Waals surface area (Å²) >= 11 is 6.15. The predicted octanol–water partition coefficient (Wildman–Crippen LogP) is 2.80. The molecule has 1 aliphatic rings. The number of anilines is 1. The summed E-state index contributed by atoms with van der Waals surface area (Å²) in [7, 11) is 2.05. The van der Waals surface area contributed by atoms with E-state index < -0.39 is 5.97 Å². The van der Waals surface area contributed by atoms with Crippen LogP contribution in [0.1, 0.15) is 30.1 Å². The molecule has 6 heteroatoms. The van der Waals surface area contributed by atoms with Gasteiger partial charge in [-0.3, -0.25) is 4.79 Å². The molecule has 0 spiro atoms. The number of carbonyl (C=O) groups excluding carboxylic acids is 2. The number of benzene rings is 1. The first-order valence-corrected chi connectivity index (χ1v) is 7.85. The van der Waals surface area contributed by atoms with Crippen LogP contribution in [-0.2, 0) is 9.53 Å². The van der Waals surface area contributed by atoms with E-state index >= 15 is 0 Å². The summed E-state index contributed by atoms with van der Waals surface area (Å²) in [5, 5.41) is 3.19. The molecule has 1 amide bonds. The van der Waals surface area contributed by atoms with Gasteiger partial charge in [0.1, 0.15) is 0 Å². The van der Waals surface area contributed by atoms with Crippen LogP contribution in [-0.4, -0.2) is 43.5 Å². The number of likely N-dealkylation sites (tertiary alicyclic amines) is 1. The standard InChI is InChI=1S/C16H21ClN2O3/c1-3-22-16(21)12-4-5-14(13(17)10-12)18-15(20)11-6-8-19(2)9-7-11/h4-5,10-11H,3,6-9H2,1-2H3,(H,18,20). The van der Waals surface area contributed by atoms with E-state index in [1.165, 1.54) is 6.07 Å². The smallest absolute Gasteiger partial charge is 0.338 e. The third-order valence-electron chi connectivity index (χ3n) is 3.83. The highest BCUT2D eigenvalue weighted by atomic mass is 35.5. The van der Waals surface area contributed by atoms with E-state index in [0.29, 0.717) is 22.9 Å². The number of carbonyl (C=O) groups is 2. The lowest BCUT2D eigenvalue weighted by molar-refractivity contribution is -0.121. The molecular weight excluding hydrogens is 304 g/mol.